The van der Waals surface area contributed by atoms with Gasteiger partial charge in [-0.1, -0.05) is 0 Å². The molecule has 1 aliphatic heterocycles. The number of carbonyl (C=O) groups excluding carboxylic acids is 1. The summed E-state index contributed by atoms with van der Waals surface area (Å²) >= 11 is 0. The van der Waals surface area contributed by atoms with Crippen LogP contribution >= 0.6 is 0 Å². The second-order valence-electron chi connectivity index (χ2n) is 8.16. The molecule has 1 fully saturated rings. The number of likely N-dealkylation sites (tertiary alicyclic amines) is 1. The van der Waals surface area contributed by atoms with Gasteiger partial charge in [-0.25, -0.2) is 14.8 Å². The van der Waals surface area contributed by atoms with Crippen molar-refractivity contribution in [3.05, 3.63) is 57.5 Å². The first-order valence-corrected chi connectivity index (χ1v) is 10.6. The fourth-order valence-corrected chi connectivity index (χ4v) is 4.41. The highest BCUT2D eigenvalue weighted by Crippen LogP contribution is 2.28. The molecular formula is C22H22N8O3. The first-order valence-electron chi connectivity index (χ1n) is 10.6. The molecule has 0 radical (unpaired) electrons. The van der Waals surface area contributed by atoms with Crippen LogP contribution in [-0.2, 0) is 4.79 Å². The number of aromatic nitrogens is 5. The average molecular weight is 446 g/mol. The molecule has 0 saturated carbocycles. The zero-order valence-electron chi connectivity index (χ0n) is 17.7. The fourth-order valence-electron chi connectivity index (χ4n) is 4.41. The van der Waals surface area contributed by atoms with E-state index in [1.807, 2.05) is 17.0 Å². The Balaban J connectivity index is 1.68. The minimum absolute atomic E-state index is 0.171. The Labute approximate surface area is 187 Å². The number of anilines is 1. The number of aromatic amines is 1. The van der Waals surface area contributed by atoms with Crippen molar-refractivity contribution in [2.24, 2.45) is 5.73 Å². The summed E-state index contributed by atoms with van der Waals surface area (Å²) in [7, 11) is 0. The molecule has 0 unspecified atom stereocenters. The van der Waals surface area contributed by atoms with E-state index in [9.17, 15) is 14.4 Å². The first kappa shape index (κ1) is 20.8. The van der Waals surface area contributed by atoms with E-state index in [1.54, 1.807) is 22.9 Å². The molecule has 0 aromatic carbocycles. The summed E-state index contributed by atoms with van der Waals surface area (Å²) in [6, 6.07) is 6.94. The second kappa shape index (κ2) is 8.10. The third-order valence-electron chi connectivity index (χ3n) is 5.99. The monoisotopic (exact) mass is 446 g/mol. The number of hydrogen-bond donors (Lipinski definition) is 3. The van der Waals surface area contributed by atoms with Crippen LogP contribution in [0.4, 0.5) is 5.82 Å². The number of nitrogens with two attached hydrogens (primary N) is 2. The standard InChI is InChI=1S/C22H22N8O3/c23-17-4-1-12(9-26-17)15-2-3-16-19(27-15)20-14(10-25-16)21(32)28-22(33)30(20)13-5-7-29(8-6-13)11-18(24)31/h1-4,9-10,13H,5-8,11H2,(H2,23,26)(H2,24,31)(H,28,32,33). The SMILES string of the molecule is NC(=O)CN1CCC(n2c(=O)[nH]c(=O)c3cnc4ccc(-c5ccc(N)nc5)nc4c32)CC1. The van der Waals surface area contributed by atoms with Crippen LogP contribution in [0.2, 0.25) is 0 Å². The molecule has 5 heterocycles. The molecule has 1 amide bonds. The van der Waals surface area contributed by atoms with Crippen molar-refractivity contribution in [3.63, 3.8) is 0 Å². The molecule has 1 aliphatic rings. The van der Waals surface area contributed by atoms with Gasteiger partial charge in [0, 0.05) is 37.1 Å². The summed E-state index contributed by atoms with van der Waals surface area (Å²) in [5, 5.41) is 0.293. The Bertz CT molecular complexity index is 1480. The summed E-state index contributed by atoms with van der Waals surface area (Å²) in [5.41, 5.74) is 12.9. The molecule has 5 rings (SSSR count). The Hall–Kier alpha value is -4.12. The lowest BCUT2D eigenvalue weighted by Crippen LogP contribution is -2.42. The molecule has 11 heteroatoms. The number of nitrogens with zero attached hydrogens (tertiary/aromatic N) is 5. The minimum Gasteiger partial charge on any atom is -0.384 e. The lowest BCUT2D eigenvalue weighted by molar-refractivity contribution is -0.119. The van der Waals surface area contributed by atoms with Crippen LogP contribution in [0.25, 0.3) is 33.2 Å². The van der Waals surface area contributed by atoms with Crippen LogP contribution < -0.4 is 22.7 Å². The summed E-state index contributed by atoms with van der Waals surface area (Å²) < 4.78 is 1.61. The fraction of sp³-hybridized carbons (Fsp3) is 0.273. The van der Waals surface area contributed by atoms with Crippen LogP contribution in [0.15, 0.2) is 46.2 Å². The van der Waals surface area contributed by atoms with Gasteiger partial charge in [0.05, 0.1) is 28.7 Å². The Morgan fingerprint density at radius 1 is 1.09 bits per heavy atom. The summed E-state index contributed by atoms with van der Waals surface area (Å²) in [6.07, 6.45) is 4.34. The third-order valence-corrected chi connectivity index (χ3v) is 5.99. The number of hydrogen-bond acceptors (Lipinski definition) is 8. The molecule has 4 aromatic rings. The molecule has 168 valence electrons. The number of fused-ring (bicyclic) bond motifs is 3. The van der Waals surface area contributed by atoms with Gasteiger partial charge in [0.15, 0.2) is 0 Å². The van der Waals surface area contributed by atoms with E-state index < -0.39 is 11.2 Å². The maximum atomic E-state index is 13.0. The predicted molar refractivity (Wildman–Crippen MR) is 123 cm³/mol. The van der Waals surface area contributed by atoms with Crippen LogP contribution in [0, 0.1) is 0 Å². The molecule has 33 heavy (non-hydrogen) atoms. The van der Waals surface area contributed by atoms with Crippen LogP contribution in [0.1, 0.15) is 18.9 Å². The lowest BCUT2D eigenvalue weighted by Gasteiger charge is -2.32. The van der Waals surface area contributed by atoms with E-state index in [0.717, 1.165) is 5.56 Å². The maximum Gasteiger partial charge on any atom is 0.329 e. The number of H-pyrrole nitrogens is 1. The number of nitrogens with one attached hydrogen (secondary N) is 1. The van der Waals surface area contributed by atoms with Crippen LogP contribution in [-0.4, -0.2) is 54.9 Å². The molecule has 0 spiro atoms. The number of primary amides is 1. The van der Waals surface area contributed by atoms with Gasteiger partial charge >= 0.3 is 5.69 Å². The Morgan fingerprint density at radius 3 is 2.58 bits per heavy atom. The van der Waals surface area contributed by atoms with Gasteiger partial charge in [-0.3, -0.25) is 29.0 Å². The second-order valence-corrected chi connectivity index (χ2v) is 8.16. The van der Waals surface area contributed by atoms with E-state index in [1.165, 1.54) is 6.20 Å². The molecule has 1 saturated heterocycles. The third kappa shape index (κ3) is 3.82. The number of carbonyl (C=O) groups is 1. The van der Waals surface area contributed by atoms with Gasteiger partial charge < -0.3 is 11.5 Å². The molecule has 0 aliphatic carbocycles. The minimum atomic E-state index is -0.506. The summed E-state index contributed by atoms with van der Waals surface area (Å²) in [5.74, 6) is 0.0146. The Morgan fingerprint density at radius 2 is 1.88 bits per heavy atom. The highest BCUT2D eigenvalue weighted by Gasteiger charge is 2.25. The largest absolute Gasteiger partial charge is 0.384 e. The molecule has 4 aromatic heterocycles. The maximum absolute atomic E-state index is 13.0. The summed E-state index contributed by atoms with van der Waals surface area (Å²) in [4.78, 5) is 54.5. The van der Waals surface area contributed by atoms with Gasteiger partial charge in [-0.2, -0.15) is 0 Å². The van der Waals surface area contributed by atoms with E-state index >= 15 is 0 Å². The normalized spacial score (nSPS) is 15.3. The van der Waals surface area contributed by atoms with Crippen molar-refractivity contribution in [1.82, 2.24) is 29.4 Å². The van der Waals surface area contributed by atoms with Crippen molar-refractivity contribution < 1.29 is 4.79 Å². The number of amides is 1. The number of piperidine rings is 1. The lowest BCUT2D eigenvalue weighted by atomic mass is 10.0. The zero-order chi connectivity index (χ0) is 23.1. The molecule has 5 N–H and O–H groups in total. The summed E-state index contributed by atoms with van der Waals surface area (Å²) in [6.45, 7) is 1.40. The van der Waals surface area contributed by atoms with E-state index in [2.05, 4.69) is 15.0 Å². The topological polar surface area (TPSA) is 166 Å². The van der Waals surface area contributed by atoms with Crippen molar-refractivity contribution in [3.8, 4) is 11.3 Å². The van der Waals surface area contributed by atoms with Gasteiger partial charge in [0.1, 0.15) is 11.3 Å². The smallest absolute Gasteiger partial charge is 0.329 e. The average Bonchev–Trinajstić information content (AvgIpc) is 2.80. The van der Waals surface area contributed by atoms with Crippen molar-refractivity contribution in [1.29, 1.82) is 0 Å². The highest BCUT2D eigenvalue weighted by molar-refractivity contribution is 6.01. The van der Waals surface area contributed by atoms with E-state index in [0.29, 0.717) is 59.4 Å². The molecule has 0 atom stereocenters. The number of pyridine rings is 3. The number of rotatable bonds is 4. The van der Waals surface area contributed by atoms with Crippen molar-refractivity contribution >= 4 is 33.7 Å². The first-order chi connectivity index (χ1) is 15.9. The highest BCUT2D eigenvalue weighted by atomic mass is 16.2. The van der Waals surface area contributed by atoms with Gasteiger partial charge in [0.25, 0.3) is 5.56 Å². The van der Waals surface area contributed by atoms with E-state index in [4.69, 9.17) is 16.5 Å². The van der Waals surface area contributed by atoms with Crippen LogP contribution in [0.5, 0.6) is 0 Å². The quantitative estimate of drug-likeness (QED) is 0.379. The number of nitrogen functional groups attached to an aromatic ring is 1. The van der Waals surface area contributed by atoms with E-state index in [-0.39, 0.29) is 18.5 Å². The molecule has 11 nitrogen and oxygen atoms in total. The zero-order valence-corrected chi connectivity index (χ0v) is 17.7. The molecule has 0 bridgehead atoms. The molecular weight excluding hydrogens is 424 g/mol. The van der Waals surface area contributed by atoms with Crippen LogP contribution in [0.3, 0.4) is 0 Å². The van der Waals surface area contributed by atoms with Crippen molar-refractivity contribution in [2.75, 3.05) is 25.4 Å². The predicted octanol–water partition coefficient (Wildman–Crippen LogP) is 0.399. The Kier molecular flexibility index (Phi) is 5.09. The van der Waals surface area contributed by atoms with Gasteiger partial charge in [-0.15, -0.1) is 0 Å². The van der Waals surface area contributed by atoms with Crippen molar-refractivity contribution in [2.45, 2.75) is 18.9 Å². The van der Waals surface area contributed by atoms with Gasteiger partial charge in [0.2, 0.25) is 5.91 Å². The van der Waals surface area contributed by atoms with Gasteiger partial charge in [-0.05, 0) is 37.1 Å².